The molecule has 0 aliphatic rings. The van der Waals surface area contributed by atoms with Crippen LogP contribution in [0, 0.1) is 0 Å². The van der Waals surface area contributed by atoms with Crippen molar-refractivity contribution < 1.29 is 1.37 Å². The van der Waals surface area contributed by atoms with Crippen molar-refractivity contribution in [1.29, 1.82) is 0 Å². The predicted octanol–water partition coefficient (Wildman–Crippen LogP) is 7.03. The Labute approximate surface area is 207 Å². The lowest BCUT2D eigenvalue weighted by Crippen LogP contribution is -2.15. The first-order chi connectivity index (χ1) is 18.1. The van der Waals surface area contributed by atoms with Crippen molar-refractivity contribution in [2.45, 2.75) is 0 Å². The SMILES string of the molecule is [2H]c1ccc2c(=O)c3cccc4c(=O)c5ccc(N(c6ccccc6)c6ccccc6)cc5n(c2c1)c34. The Balaban J connectivity index is 1.67. The highest BCUT2D eigenvalue weighted by Gasteiger charge is 2.19. The number of nitrogens with zero attached hydrogens (tertiary/aromatic N) is 2. The maximum Gasteiger partial charge on any atom is 0.197 e. The molecule has 4 heteroatoms. The van der Waals surface area contributed by atoms with Crippen LogP contribution < -0.4 is 15.8 Å². The summed E-state index contributed by atoms with van der Waals surface area (Å²) >= 11 is 0. The van der Waals surface area contributed by atoms with Crippen LogP contribution in [0.5, 0.6) is 0 Å². The first-order valence-electron chi connectivity index (χ1n) is 12.3. The molecule has 2 heterocycles. The predicted molar refractivity (Wildman–Crippen MR) is 148 cm³/mol. The van der Waals surface area contributed by atoms with Gasteiger partial charge in [-0.15, -0.1) is 0 Å². The summed E-state index contributed by atoms with van der Waals surface area (Å²) in [5.74, 6) is 0. The summed E-state index contributed by atoms with van der Waals surface area (Å²) in [5.41, 5.74) is 4.51. The number of anilines is 3. The van der Waals surface area contributed by atoms with E-state index < -0.39 is 0 Å². The van der Waals surface area contributed by atoms with Gasteiger partial charge in [0.05, 0.1) is 17.9 Å². The van der Waals surface area contributed by atoms with Gasteiger partial charge in [0.15, 0.2) is 10.9 Å². The molecule has 4 nitrogen and oxygen atoms in total. The molecular weight excluding hydrogens is 444 g/mol. The number of benzene rings is 5. The largest absolute Gasteiger partial charge is 0.310 e. The quantitative estimate of drug-likeness (QED) is 0.208. The van der Waals surface area contributed by atoms with E-state index in [1.807, 2.05) is 83.3 Å². The third kappa shape index (κ3) is 2.88. The highest BCUT2D eigenvalue weighted by atomic mass is 16.1. The second kappa shape index (κ2) is 7.79. The smallest absolute Gasteiger partial charge is 0.197 e. The van der Waals surface area contributed by atoms with Crippen molar-refractivity contribution in [2.75, 3.05) is 4.90 Å². The van der Waals surface area contributed by atoms with E-state index in [1.165, 1.54) is 0 Å². The Bertz CT molecular complexity index is 2030. The van der Waals surface area contributed by atoms with Gasteiger partial charge in [0.1, 0.15) is 0 Å². The molecule has 0 spiro atoms. The van der Waals surface area contributed by atoms with Crippen LogP contribution >= 0.6 is 0 Å². The molecule has 0 bridgehead atoms. The molecular formula is C32H20N2O2. The van der Waals surface area contributed by atoms with Gasteiger partial charge in [0, 0.05) is 38.6 Å². The summed E-state index contributed by atoms with van der Waals surface area (Å²) in [6, 6.07) is 36.6. The molecule has 7 rings (SSSR count). The summed E-state index contributed by atoms with van der Waals surface area (Å²) in [6.45, 7) is 0. The van der Waals surface area contributed by atoms with Crippen LogP contribution in [0.25, 0.3) is 38.1 Å². The molecule has 0 saturated heterocycles. The summed E-state index contributed by atoms with van der Waals surface area (Å²) in [7, 11) is 0. The van der Waals surface area contributed by atoms with E-state index in [1.54, 1.807) is 36.4 Å². The van der Waals surface area contributed by atoms with Crippen molar-refractivity contribution in [1.82, 2.24) is 4.40 Å². The van der Waals surface area contributed by atoms with Crippen LogP contribution in [0.1, 0.15) is 1.37 Å². The van der Waals surface area contributed by atoms with E-state index in [0.717, 1.165) is 17.1 Å². The van der Waals surface area contributed by atoms with E-state index in [4.69, 9.17) is 1.37 Å². The average molecular weight is 466 g/mol. The van der Waals surface area contributed by atoms with Crippen LogP contribution in [0.3, 0.4) is 0 Å². The molecule has 5 aromatic carbocycles. The monoisotopic (exact) mass is 465 g/mol. The lowest BCUT2D eigenvalue weighted by atomic mass is 10.0. The van der Waals surface area contributed by atoms with Crippen LogP contribution in [-0.4, -0.2) is 4.40 Å². The van der Waals surface area contributed by atoms with Crippen LogP contribution in [0.4, 0.5) is 17.1 Å². The minimum absolute atomic E-state index is 0.112. The van der Waals surface area contributed by atoms with Gasteiger partial charge < -0.3 is 9.30 Å². The number of hydrogen-bond donors (Lipinski definition) is 0. The van der Waals surface area contributed by atoms with Crippen molar-refractivity contribution >= 4 is 55.2 Å². The first kappa shape index (κ1) is 19.4. The van der Waals surface area contributed by atoms with E-state index in [9.17, 15) is 9.59 Å². The molecule has 0 N–H and O–H groups in total. The summed E-state index contributed by atoms with van der Waals surface area (Å²) in [4.78, 5) is 29.2. The second-order valence-electron chi connectivity index (χ2n) is 8.85. The fraction of sp³-hybridized carbons (Fsp3) is 0. The molecule has 0 fully saturated rings. The zero-order chi connectivity index (χ0) is 25.1. The van der Waals surface area contributed by atoms with E-state index in [-0.39, 0.29) is 10.9 Å². The fourth-order valence-corrected chi connectivity index (χ4v) is 5.25. The van der Waals surface area contributed by atoms with Crippen LogP contribution in [0.15, 0.2) is 131 Å². The summed E-state index contributed by atoms with van der Waals surface area (Å²) < 4.78 is 10.2. The molecule has 0 unspecified atom stereocenters. The number of para-hydroxylation sites is 4. The fourth-order valence-electron chi connectivity index (χ4n) is 5.25. The van der Waals surface area contributed by atoms with E-state index >= 15 is 0 Å². The van der Waals surface area contributed by atoms with Crippen molar-refractivity contribution in [3.63, 3.8) is 0 Å². The highest BCUT2D eigenvalue weighted by molar-refractivity contribution is 6.08. The van der Waals surface area contributed by atoms with E-state index in [2.05, 4.69) is 4.90 Å². The first-order valence-corrected chi connectivity index (χ1v) is 11.8. The standard InChI is InChI=1S/C32H20N2O2/c35-31-24-14-7-8-17-28(24)34-29-20-23(18-19-25(29)32(36)27-16-9-15-26(31)30(27)34)33(21-10-3-1-4-11-21)22-12-5-2-6-13-22/h1-20H/i8D. The van der Waals surface area contributed by atoms with Gasteiger partial charge >= 0.3 is 0 Å². The molecule has 170 valence electrons. The lowest BCUT2D eigenvalue weighted by Gasteiger charge is -2.26. The number of pyridine rings is 2. The van der Waals surface area contributed by atoms with Crippen LogP contribution in [0.2, 0.25) is 0 Å². The third-order valence-electron chi connectivity index (χ3n) is 6.83. The molecule has 0 aliphatic carbocycles. The number of aromatic nitrogens is 1. The molecule has 36 heavy (non-hydrogen) atoms. The van der Waals surface area contributed by atoms with Gasteiger partial charge in [-0.1, -0.05) is 54.6 Å². The molecule has 0 atom stereocenters. The molecule has 0 amide bonds. The average Bonchev–Trinajstić information content (AvgIpc) is 2.94. The summed E-state index contributed by atoms with van der Waals surface area (Å²) in [5, 5.41) is 2.07. The second-order valence-corrected chi connectivity index (χ2v) is 8.85. The van der Waals surface area contributed by atoms with Gasteiger partial charge in [0.25, 0.3) is 0 Å². The number of rotatable bonds is 3. The summed E-state index contributed by atoms with van der Waals surface area (Å²) in [6.07, 6.45) is 0. The Morgan fingerprint density at radius 1 is 0.528 bits per heavy atom. The lowest BCUT2D eigenvalue weighted by molar-refractivity contribution is 1.27. The molecule has 2 aromatic heterocycles. The van der Waals surface area contributed by atoms with Gasteiger partial charge in [0.2, 0.25) is 0 Å². The van der Waals surface area contributed by atoms with Crippen molar-refractivity contribution in [3.8, 4) is 0 Å². The maximum atomic E-state index is 13.7. The zero-order valence-electron chi connectivity index (χ0n) is 20.2. The van der Waals surface area contributed by atoms with Crippen molar-refractivity contribution in [3.05, 3.63) is 142 Å². The third-order valence-corrected chi connectivity index (χ3v) is 6.83. The van der Waals surface area contributed by atoms with Gasteiger partial charge in [-0.05, 0) is 66.7 Å². The normalized spacial score (nSPS) is 11.9. The maximum absolute atomic E-state index is 13.7. The molecule has 0 aliphatic heterocycles. The Hall–Kier alpha value is -4.96. The van der Waals surface area contributed by atoms with Crippen LogP contribution in [-0.2, 0) is 0 Å². The molecule has 7 aromatic rings. The topological polar surface area (TPSA) is 41.8 Å². The van der Waals surface area contributed by atoms with E-state index in [0.29, 0.717) is 44.1 Å². The van der Waals surface area contributed by atoms with Gasteiger partial charge in [-0.3, -0.25) is 9.59 Å². The minimum atomic E-state index is -0.134. The Kier molecular flexibility index (Phi) is 4.19. The Morgan fingerprint density at radius 2 is 1.11 bits per heavy atom. The van der Waals surface area contributed by atoms with Gasteiger partial charge in [-0.25, -0.2) is 0 Å². The number of fused-ring (bicyclic) bond motifs is 4. The van der Waals surface area contributed by atoms with Crippen molar-refractivity contribution in [2.24, 2.45) is 0 Å². The minimum Gasteiger partial charge on any atom is -0.310 e. The van der Waals surface area contributed by atoms with Gasteiger partial charge in [-0.2, -0.15) is 0 Å². The molecule has 0 radical (unpaired) electrons. The Morgan fingerprint density at radius 3 is 1.75 bits per heavy atom. The molecule has 0 saturated carbocycles. The highest BCUT2D eigenvalue weighted by Crippen LogP contribution is 2.36. The number of hydrogen-bond acceptors (Lipinski definition) is 3. The zero-order valence-corrected chi connectivity index (χ0v) is 19.2.